The van der Waals surface area contributed by atoms with E-state index in [-0.39, 0.29) is 23.0 Å². The van der Waals surface area contributed by atoms with Crippen molar-refractivity contribution in [2.75, 3.05) is 9.80 Å². The van der Waals surface area contributed by atoms with Gasteiger partial charge in [0, 0.05) is 50.7 Å². The van der Waals surface area contributed by atoms with Crippen LogP contribution in [0.2, 0.25) is 0 Å². The van der Waals surface area contributed by atoms with Crippen LogP contribution in [0.25, 0.3) is 44.2 Å². The maximum absolute atomic E-state index is 6.70. The van der Waals surface area contributed by atoms with Crippen LogP contribution in [-0.2, 0) is 16.2 Å². The molecule has 306 valence electrons. The van der Waals surface area contributed by atoms with E-state index in [9.17, 15) is 0 Å². The Hall–Kier alpha value is -6.78. The van der Waals surface area contributed by atoms with Crippen molar-refractivity contribution in [1.82, 2.24) is 0 Å². The molecule has 0 saturated heterocycles. The average molecular weight is 815 g/mol. The van der Waals surface area contributed by atoms with E-state index < -0.39 is 0 Å². The molecular formula is C59H51BN2O. The monoisotopic (exact) mass is 814 g/mol. The predicted molar refractivity (Wildman–Crippen MR) is 268 cm³/mol. The van der Waals surface area contributed by atoms with Crippen LogP contribution in [0.15, 0.2) is 168 Å². The third-order valence-electron chi connectivity index (χ3n) is 14.3. The van der Waals surface area contributed by atoms with Gasteiger partial charge in [0.1, 0.15) is 11.2 Å². The molecule has 0 bridgehead atoms. The summed E-state index contributed by atoms with van der Waals surface area (Å²) in [6.45, 7) is 18.9. The number of furan rings is 1. The van der Waals surface area contributed by atoms with Gasteiger partial charge in [0.2, 0.25) is 0 Å². The van der Waals surface area contributed by atoms with Crippen molar-refractivity contribution in [1.29, 1.82) is 0 Å². The maximum Gasteiger partial charge on any atom is 0.252 e. The minimum Gasteiger partial charge on any atom is -0.456 e. The molecule has 0 unspecified atom stereocenters. The second-order valence-corrected chi connectivity index (χ2v) is 20.6. The molecule has 0 amide bonds. The summed E-state index contributed by atoms with van der Waals surface area (Å²) in [6.07, 6.45) is 0. The number of para-hydroxylation sites is 1. The molecule has 2 aliphatic heterocycles. The molecule has 12 rings (SSSR count). The third-order valence-corrected chi connectivity index (χ3v) is 14.3. The SMILES string of the molecule is CC(C)(C)c1ccc2c(c1)N(c1cccc3c1C(C)(C)c1ccccc1-3)c1cc(C(C)(C)C)cc3c1B2c1cc2c(cc1N3c1ccc(-c3ccccc3)cc1)oc1ccccc12. The van der Waals surface area contributed by atoms with Gasteiger partial charge in [-0.25, -0.2) is 0 Å². The van der Waals surface area contributed by atoms with Crippen molar-refractivity contribution in [3.63, 3.8) is 0 Å². The molecule has 8 aromatic carbocycles. The van der Waals surface area contributed by atoms with Crippen LogP contribution >= 0.6 is 0 Å². The van der Waals surface area contributed by atoms with Crippen LogP contribution in [0.1, 0.15) is 77.6 Å². The van der Waals surface area contributed by atoms with Crippen molar-refractivity contribution in [3.8, 4) is 22.3 Å². The Balaban J connectivity index is 1.21. The second-order valence-electron chi connectivity index (χ2n) is 20.6. The number of rotatable bonds is 3. The summed E-state index contributed by atoms with van der Waals surface area (Å²) in [7, 11) is 0. The fourth-order valence-electron chi connectivity index (χ4n) is 11.1. The van der Waals surface area contributed by atoms with Crippen LogP contribution in [0, 0.1) is 0 Å². The number of hydrogen-bond acceptors (Lipinski definition) is 3. The molecule has 0 spiro atoms. The fraction of sp³-hybridized carbons (Fsp3) is 0.186. The summed E-state index contributed by atoms with van der Waals surface area (Å²) in [5, 5.41) is 2.29. The Labute approximate surface area is 371 Å². The molecule has 1 aromatic heterocycles. The van der Waals surface area contributed by atoms with Crippen LogP contribution in [-0.4, -0.2) is 6.71 Å². The lowest BCUT2D eigenvalue weighted by Crippen LogP contribution is -2.61. The van der Waals surface area contributed by atoms with Gasteiger partial charge in [0.15, 0.2) is 0 Å². The molecular weight excluding hydrogens is 763 g/mol. The average Bonchev–Trinajstić information content (AvgIpc) is 3.76. The zero-order chi connectivity index (χ0) is 43.2. The topological polar surface area (TPSA) is 19.6 Å². The van der Waals surface area contributed by atoms with Gasteiger partial charge < -0.3 is 14.2 Å². The Bertz CT molecular complexity index is 3340. The molecule has 63 heavy (non-hydrogen) atoms. The van der Waals surface area contributed by atoms with Crippen molar-refractivity contribution in [2.45, 2.75) is 71.6 Å². The van der Waals surface area contributed by atoms with E-state index in [4.69, 9.17) is 4.42 Å². The molecule has 9 aromatic rings. The smallest absolute Gasteiger partial charge is 0.252 e. The highest BCUT2D eigenvalue weighted by Gasteiger charge is 2.47. The largest absolute Gasteiger partial charge is 0.456 e. The first-order valence-corrected chi connectivity index (χ1v) is 22.5. The number of benzene rings is 8. The quantitative estimate of drug-likeness (QED) is 0.166. The van der Waals surface area contributed by atoms with Crippen molar-refractivity contribution in [3.05, 3.63) is 186 Å². The van der Waals surface area contributed by atoms with E-state index in [0.717, 1.165) is 33.3 Å². The Morgan fingerprint density at radius 3 is 1.86 bits per heavy atom. The van der Waals surface area contributed by atoms with Crippen molar-refractivity contribution in [2.24, 2.45) is 0 Å². The van der Waals surface area contributed by atoms with Crippen LogP contribution in [0.3, 0.4) is 0 Å². The molecule has 3 heterocycles. The van der Waals surface area contributed by atoms with Gasteiger partial charge in [0.05, 0.1) is 5.69 Å². The minimum atomic E-state index is -0.212. The van der Waals surface area contributed by atoms with E-state index in [1.165, 1.54) is 83.6 Å². The summed E-state index contributed by atoms with van der Waals surface area (Å²) < 4.78 is 6.70. The van der Waals surface area contributed by atoms with Crippen molar-refractivity contribution < 1.29 is 4.42 Å². The highest BCUT2D eigenvalue weighted by molar-refractivity contribution is 7.00. The first-order valence-electron chi connectivity index (χ1n) is 22.5. The van der Waals surface area contributed by atoms with Crippen molar-refractivity contribution >= 4 is 79.2 Å². The molecule has 0 radical (unpaired) electrons. The van der Waals surface area contributed by atoms with E-state index >= 15 is 0 Å². The molecule has 3 nitrogen and oxygen atoms in total. The molecule has 1 aliphatic carbocycles. The molecule has 4 heteroatoms. The van der Waals surface area contributed by atoms with Gasteiger partial charge in [-0.05, 0) is 114 Å². The summed E-state index contributed by atoms with van der Waals surface area (Å²) in [5.74, 6) is 0. The minimum absolute atomic E-state index is 0.0286. The summed E-state index contributed by atoms with van der Waals surface area (Å²) in [6, 6.07) is 61.5. The van der Waals surface area contributed by atoms with Crippen LogP contribution < -0.4 is 26.2 Å². The molecule has 3 aliphatic rings. The highest BCUT2D eigenvalue weighted by atomic mass is 16.3. The number of anilines is 6. The lowest BCUT2D eigenvalue weighted by Gasteiger charge is -2.46. The van der Waals surface area contributed by atoms with Gasteiger partial charge in [-0.15, -0.1) is 0 Å². The lowest BCUT2D eigenvalue weighted by atomic mass is 9.33. The Morgan fingerprint density at radius 2 is 1.10 bits per heavy atom. The van der Waals surface area contributed by atoms with Gasteiger partial charge >= 0.3 is 0 Å². The lowest BCUT2D eigenvalue weighted by molar-refractivity contribution is 0.590. The standard InChI is InChI=1S/C59H51BN2O/c1-57(2,3)38-27-30-46-49(31-38)62(48-23-16-21-43-41-19-12-14-22-45(41)59(7,8)55(43)48)52-33-39(58(4,5)6)32-51-56(52)60(46)47-34-44-42-20-13-15-24-53(42)63-54(44)35-50(47)61(51)40-28-25-37(26-29-40)36-17-10-9-11-18-36/h9-35H,1-8H3. The summed E-state index contributed by atoms with van der Waals surface area (Å²) in [4.78, 5) is 5.19. The fourth-order valence-corrected chi connectivity index (χ4v) is 11.1. The summed E-state index contributed by atoms with van der Waals surface area (Å²) >= 11 is 0. The number of fused-ring (bicyclic) bond motifs is 10. The van der Waals surface area contributed by atoms with E-state index in [1.807, 2.05) is 0 Å². The second kappa shape index (κ2) is 13.1. The van der Waals surface area contributed by atoms with Gasteiger partial charge in [0.25, 0.3) is 6.71 Å². The summed E-state index contributed by atoms with van der Waals surface area (Å²) in [5.41, 5.74) is 23.0. The number of hydrogen-bond donors (Lipinski definition) is 0. The third kappa shape index (κ3) is 5.53. The normalized spacial score (nSPS) is 14.7. The van der Waals surface area contributed by atoms with Gasteiger partial charge in [-0.1, -0.05) is 171 Å². The van der Waals surface area contributed by atoms with E-state index in [0.29, 0.717) is 0 Å². The zero-order valence-electron chi connectivity index (χ0n) is 37.5. The van der Waals surface area contributed by atoms with Crippen LogP contribution in [0.4, 0.5) is 34.1 Å². The zero-order valence-corrected chi connectivity index (χ0v) is 37.5. The molecule has 0 saturated carbocycles. The number of nitrogens with zero attached hydrogens (tertiary/aromatic N) is 2. The highest BCUT2D eigenvalue weighted by Crippen LogP contribution is 2.56. The van der Waals surface area contributed by atoms with Gasteiger partial charge in [-0.3, -0.25) is 0 Å². The Morgan fingerprint density at radius 1 is 0.460 bits per heavy atom. The predicted octanol–water partition coefficient (Wildman–Crippen LogP) is 14.2. The molecule has 0 fully saturated rings. The van der Waals surface area contributed by atoms with Gasteiger partial charge in [-0.2, -0.15) is 0 Å². The van der Waals surface area contributed by atoms with E-state index in [2.05, 4.69) is 229 Å². The molecule has 0 atom stereocenters. The Kier molecular flexibility index (Phi) is 7.91. The van der Waals surface area contributed by atoms with Crippen LogP contribution in [0.5, 0.6) is 0 Å². The first kappa shape index (κ1) is 37.9. The van der Waals surface area contributed by atoms with E-state index in [1.54, 1.807) is 0 Å². The first-order chi connectivity index (χ1) is 30.3. The maximum atomic E-state index is 6.70. The molecule has 0 N–H and O–H groups in total.